The first kappa shape index (κ1) is 10.4. The van der Waals surface area contributed by atoms with Crippen molar-refractivity contribution in [3.8, 4) is 0 Å². The molecule has 0 radical (unpaired) electrons. The fourth-order valence-electron chi connectivity index (χ4n) is 1.26. The molecule has 0 aromatic carbocycles. The Kier molecular flexibility index (Phi) is 3.28. The van der Waals surface area contributed by atoms with Gasteiger partial charge in [-0.1, -0.05) is 0 Å². The fraction of sp³-hybridized carbons (Fsp3) is 0.182. The van der Waals surface area contributed by atoms with Gasteiger partial charge in [0.15, 0.2) is 0 Å². The van der Waals surface area contributed by atoms with Crippen molar-refractivity contribution < 1.29 is 9.21 Å². The number of hydrogen-bond acceptors (Lipinski definition) is 4. The summed E-state index contributed by atoms with van der Waals surface area (Å²) in [4.78, 5) is 19.3. The summed E-state index contributed by atoms with van der Waals surface area (Å²) in [6.07, 6.45) is 8.47. The van der Waals surface area contributed by atoms with Crippen molar-refractivity contribution in [2.75, 3.05) is 6.54 Å². The number of nitrogens with one attached hydrogen (secondary N) is 1. The van der Waals surface area contributed by atoms with Gasteiger partial charge in [0, 0.05) is 18.9 Å². The van der Waals surface area contributed by atoms with Gasteiger partial charge in [-0.15, -0.1) is 0 Å². The number of carbonyl (C=O) groups excluding carboxylic acids is 1. The summed E-state index contributed by atoms with van der Waals surface area (Å²) in [6.45, 7) is 0.551. The van der Waals surface area contributed by atoms with E-state index in [1.54, 1.807) is 12.5 Å². The molecule has 0 saturated heterocycles. The zero-order chi connectivity index (χ0) is 11.2. The van der Waals surface area contributed by atoms with Crippen LogP contribution in [0.1, 0.15) is 16.1 Å². The third-order valence-electron chi connectivity index (χ3n) is 2.08. The minimum absolute atomic E-state index is 0.211. The van der Waals surface area contributed by atoms with E-state index in [1.807, 2.05) is 6.07 Å². The first-order chi connectivity index (χ1) is 7.86. The fourth-order valence-corrected chi connectivity index (χ4v) is 1.26. The Balaban J connectivity index is 1.81. The predicted molar refractivity (Wildman–Crippen MR) is 56.8 cm³/mol. The topological polar surface area (TPSA) is 68.0 Å². The van der Waals surface area contributed by atoms with Gasteiger partial charge in [0.25, 0.3) is 5.91 Å². The van der Waals surface area contributed by atoms with Crippen LogP contribution in [0.4, 0.5) is 0 Å². The summed E-state index contributed by atoms with van der Waals surface area (Å²) in [7, 11) is 0. The van der Waals surface area contributed by atoms with E-state index in [2.05, 4.69) is 15.3 Å². The molecule has 2 aromatic rings. The maximum absolute atomic E-state index is 11.5. The van der Waals surface area contributed by atoms with Crippen LogP contribution in [-0.4, -0.2) is 22.4 Å². The minimum atomic E-state index is -0.211. The molecule has 0 atom stereocenters. The molecule has 0 fully saturated rings. The Morgan fingerprint density at radius 1 is 1.44 bits per heavy atom. The molecule has 1 amide bonds. The predicted octanol–water partition coefficient (Wildman–Crippen LogP) is 1.04. The van der Waals surface area contributed by atoms with Crippen LogP contribution in [0.25, 0.3) is 0 Å². The number of amides is 1. The molecule has 16 heavy (non-hydrogen) atoms. The Hall–Kier alpha value is -2.17. The van der Waals surface area contributed by atoms with E-state index < -0.39 is 0 Å². The Morgan fingerprint density at radius 3 is 3.06 bits per heavy atom. The van der Waals surface area contributed by atoms with Gasteiger partial charge in [0.2, 0.25) is 0 Å². The number of hydrogen-bond donors (Lipinski definition) is 1. The summed E-state index contributed by atoms with van der Waals surface area (Å²) in [5.41, 5.74) is 1.38. The number of carbonyl (C=O) groups is 1. The largest absolute Gasteiger partial charge is 0.472 e. The van der Waals surface area contributed by atoms with Crippen LogP contribution in [0.3, 0.4) is 0 Å². The third-order valence-corrected chi connectivity index (χ3v) is 2.08. The number of furan rings is 1. The smallest absolute Gasteiger partial charge is 0.271 e. The van der Waals surface area contributed by atoms with Gasteiger partial charge in [-0.2, -0.15) is 0 Å². The molecule has 0 aliphatic rings. The highest BCUT2D eigenvalue weighted by Crippen LogP contribution is 1.99. The van der Waals surface area contributed by atoms with Gasteiger partial charge in [-0.05, 0) is 18.1 Å². The van der Waals surface area contributed by atoms with Crippen molar-refractivity contribution in [3.63, 3.8) is 0 Å². The Bertz CT molecular complexity index is 440. The molecule has 2 aromatic heterocycles. The second-order valence-electron chi connectivity index (χ2n) is 3.23. The lowest BCUT2D eigenvalue weighted by Gasteiger charge is -2.02. The molecule has 0 unspecified atom stereocenters. The maximum Gasteiger partial charge on any atom is 0.271 e. The molecule has 0 aliphatic heterocycles. The van der Waals surface area contributed by atoms with E-state index >= 15 is 0 Å². The molecular formula is C11H11N3O2. The molecule has 1 N–H and O–H groups in total. The van der Waals surface area contributed by atoms with Gasteiger partial charge >= 0.3 is 0 Å². The quantitative estimate of drug-likeness (QED) is 0.830. The van der Waals surface area contributed by atoms with Crippen molar-refractivity contribution in [2.45, 2.75) is 6.42 Å². The molecule has 82 valence electrons. The summed E-state index contributed by atoms with van der Waals surface area (Å²) < 4.78 is 4.92. The number of aromatic nitrogens is 2. The highest BCUT2D eigenvalue weighted by molar-refractivity contribution is 5.91. The van der Waals surface area contributed by atoms with Crippen LogP contribution >= 0.6 is 0 Å². The van der Waals surface area contributed by atoms with E-state index in [4.69, 9.17) is 4.42 Å². The summed E-state index contributed by atoms with van der Waals surface area (Å²) in [5, 5.41) is 2.75. The van der Waals surface area contributed by atoms with E-state index in [0.717, 1.165) is 12.0 Å². The monoisotopic (exact) mass is 217 g/mol. The van der Waals surface area contributed by atoms with E-state index in [0.29, 0.717) is 12.2 Å². The molecule has 5 nitrogen and oxygen atoms in total. The summed E-state index contributed by atoms with van der Waals surface area (Å²) in [5.74, 6) is -0.211. The minimum Gasteiger partial charge on any atom is -0.472 e. The Morgan fingerprint density at radius 2 is 2.38 bits per heavy atom. The second-order valence-corrected chi connectivity index (χ2v) is 3.23. The van der Waals surface area contributed by atoms with E-state index in [1.165, 1.54) is 18.6 Å². The van der Waals surface area contributed by atoms with Crippen LogP contribution in [0.2, 0.25) is 0 Å². The molecule has 5 heteroatoms. The number of rotatable bonds is 4. The van der Waals surface area contributed by atoms with Gasteiger partial charge in [0.05, 0.1) is 18.7 Å². The lowest BCUT2D eigenvalue weighted by molar-refractivity contribution is 0.0948. The number of nitrogens with zero attached hydrogens (tertiary/aromatic N) is 2. The third kappa shape index (κ3) is 2.66. The van der Waals surface area contributed by atoms with Crippen LogP contribution in [0.5, 0.6) is 0 Å². The van der Waals surface area contributed by atoms with E-state index in [9.17, 15) is 4.79 Å². The summed E-state index contributed by atoms with van der Waals surface area (Å²) >= 11 is 0. The highest BCUT2D eigenvalue weighted by atomic mass is 16.3. The first-order valence-corrected chi connectivity index (χ1v) is 4.91. The molecule has 2 rings (SSSR count). The lowest BCUT2D eigenvalue weighted by atomic mass is 10.2. The van der Waals surface area contributed by atoms with Crippen molar-refractivity contribution >= 4 is 5.91 Å². The Labute approximate surface area is 92.5 Å². The van der Waals surface area contributed by atoms with Crippen molar-refractivity contribution in [3.05, 3.63) is 48.4 Å². The molecule has 2 heterocycles. The summed E-state index contributed by atoms with van der Waals surface area (Å²) in [6, 6.07) is 1.87. The highest BCUT2D eigenvalue weighted by Gasteiger charge is 2.05. The van der Waals surface area contributed by atoms with Crippen molar-refractivity contribution in [1.29, 1.82) is 0 Å². The molecule has 0 aliphatic carbocycles. The first-order valence-electron chi connectivity index (χ1n) is 4.91. The molecule has 0 saturated carbocycles. The molecular weight excluding hydrogens is 206 g/mol. The van der Waals surface area contributed by atoms with Gasteiger partial charge < -0.3 is 9.73 Å². The average molecular weight is 217 g/mol. The molecule has 0 bridgehead atoms. The van der Waals surface area contributed by atoms with Crippen molar-refractivity contribution in [1.82, 2.24) is 15.3 Å². The van der Waals surface area contributed by atoms with Gasteiger partial charge in [0.1, 0.15) is 5.69 Å². The van der Waals surface area contributed by atoms with Crippen LogP contribution in [-0.2, 0) is 6.42 Å². The van der Waals surface area contributed by atoms with Crippen molar-refractivity contribution in [2.24, 2.45) is 0 Å². The van der Waals surface area contributed by atoms with Gasteiger partial charge in [-0.3, -0.25) is 9.78 Å². The molecule has 0 spiro atoms. The normalized spacial score (nSPS) is 10.0. The van der Waals surface area contributed by atoms with Crippen LogP contribution in [0.15, 0.2) is 41.6 Å². The standard InChI is InChI=1S/C11H11N3O2/c15-11(10-7-12-4-5-13-10)14-3-1-9-2-6-16-8-9/h2,4-8H,1,3H2,(H,14,15). The lowest BCUT2D eigenvalue weighted by Crippen LogP contribution is -2.26. The second kappa shape index (κ2) is 5.06. The SMILES string of the molecule is O=C(NCCc1ccoc1)c1cnccn1. The van der Waals surface area contributed by atoms with Gasteiger partial charge in [-0.25, -0.2) is 4.98 Å². The average Bonchev–Trinajstić information content (AvgIpc) is 2.83. The van der Waals surface area contributed by atoms with Crippen LogP contribution < -0.4 is 5.32 Å². The van der Waals surface area contributed by atoms with Crippen LogP contribution in [0, 0.1) is 0 Å². The van der Waals surface area contributed by atoms with E-state index in [-0.39, 0.29) is 5.91 Å². The maximum atomic E-state index is 11.5. The zero-order valence-electron chi connectivity index (χ0n) is 8.59. The zero-order valence-corrected chi connectivity index (χ0v) is 8.59.